The summed E-state index contributed by atoms with van der Waals surface area (Å²) < 4.78 is 4.95. The van der Waals surface area contributed by atoms with Crippen molar-refractivity contribution in [3.63, 3.8) is 0 Å². The van der Waals surface area contributed by atoms with Gasteiger partial charge in [-0.25, -0.2) is 0 Å². The number of amides is 1. The van der Waals surface area contributed by atoms with Gasteiger partial charge in [0, 0.05) is 19.6 Å². The van der Waals surface area contributed by atoms with Crippen LogP contribution in [-0.2, 0) is 14.3 Å². The van der Waals surface area contributed by atoms with E-state index in [9.17, 15) is 9.59 Å². The van der Waals surface area contributed by atoms with Gasteiger partial charge in [0.15, 0.2) is 0 Å². The van der Waals surface area contributed by atoms with Crippen LogP contribution in [0.4, 0.5) is 0 Å². The van der Waals surface area contributed by atoms with Crippen LogP contribution in [0.2, 0.25) is 0 Å². The summed E-state index contributed by atoms with van der Waals surface area (Å²) in [6.07, 6.45) is 0.798. The van der Waals surface area contributed by atoms with Crippen molar-refractivity contribution in [2.24, 2.45) is 5.92 Å². The number of nitrogens with zero attached hydrogens (tertiary/aromatic N) is 1. The number of aliphatic carboxylic acids is 1. The van der Waals surface area contributed by atoms with Crippen molar-refractivity contribution in [2.45, 2.75) is 19.3 Å². The second-order valence-electron chi connectivity index (χ2n) is 5.45. The predicted octanol–water partition coefficient (Wildman–Crippen LogP) is 1.66. The monoisotopic (exact) mass is 291 g/mol. The molecule has 114 valence electrons. The van der Waals surface area contributed by atoms with Crippen LogP contribution in [0.5, 0.6) is 0 Å². The molecular weight excluding hydrogens is 270 g/mol. The topological polar surface area (TPSA) is 66.8 Å². The lowest BCUT2D eigenvalue weighted by molar-refractivity contribution is -0.145. The number of aryl methyl sites for hydroxylation is 1. The van der Waals surface area contributed by atoms with Crippen LogP contribution in [0, 0.1) is 12.8 Å². The Morgan fingerprint density at radius 3 is 2.71 bits per heavy atom. The Morgan fingerprint density at radius 2 is 2.10 bits per heavy atom. The average Bonchev–Trinajstić information content (AvgIpc) is 3.23. The second-order valence-corrected chi connectivity index (χ2v) is 5.45. The van der Waals surface area contributed by atoms with Crippen molar-refractivity contribution in [3.8, 4) is 0 Å². The van der Waals surface area contributed by atoms with E-state index >= 15 is 0 Å². The number of hydrogen-bond donors (Lipinski definition) is 1. The zero-order valence-electron chi connectivity index (χ0n) is 12.4. The first kappa shape index (κ1) is 15.5. The van der Waals surface area contributed by atoms with Gasteiger partial charge < -0.3 is 14.7 Å². The molecule has 21 heavy (non-hydrogen) atoms. The smallest absolute Gasteiger partial charge is 0.323 e. The van der Waals surface area contributed by atoms with Gasteiger partial charge in [0.2, 0.25) is 5.91 Å². The van der Waals surface area contributed by atoms with Crippen molar-refractivity contribution < 1.29 is 19.4 Å². The molecule has 0 spiro atoms. The van der Waals surface area contributed by atoms with Crippen LogP contribution in [-0.4, -0.2) is 48.7 Å². The maximum atomic E-state index is 12.4. The highest BCUT2D eigenvalue weighted by Crippen LogP contribution is 2.49. The third-order valence-corrected chi connectivity index (χ3v) is 3.90. The molecule has 0 bridgehead atoms. The van der Waals surface area contributed by atoms with Crippen LogP contribution in [0.1, 0.15) is 23.5 Å². The van der Waals surface area contributed by atoms with E-state index in [1.165, 1.54) is 23.1 Å². The molecule has 1 aromatic carbocycles. The molecule has 1 aliphatic carbocycles. The first-order valence-corrected chi connectivity index (χ1v) is 7.09. The minimum atomic E-state index is -0.993. The summed E-state index contributed by atoms with van der Waals surface area (Å²) in [6, 6.07) is 8.04. The number of carboxylic acids is 1. The molecule has 0 aliphatic heterocycles. The van der Waals surface area contributed by atoms with E-state index in [2.05, 4.69) is 0 Å². The quantitative estimate of drug-likeness (QED) is 0.829. The Hall–Kier alpha value is -1.88. The normalized spacial score (nSPS) is 20.1. The molecule has 2 atom stereocenters. The molecule has 0 unspecified atom stereocenters. The number of carbonyl (C=O) groups is 2. The fourth-order valence-corrected chi connectivity index (χ4v) is 2.68. The Kier molecular flexibility index (Phi) is 4.96. The fourth-order valence-electron chi connectivity index (χ4n) is 2.68. The first-order chi connectivity index (χ1) is 10.0. The van der Waals surface area contributed by atoms with Crippen molar-refractivity contribution in [1.29, 1.82) is 0 Å². The first-order valence-electron chi connectivity index (χ1n) is 7.09. The Morgan fingerprint density at radius 1 is 1.38 bits per heavy atom. The van der Waals surface area contributed by atoms with E-state index in [4.69, 9.17) is 9.84 Å². The van der Waals surface area contributed by atoms with E-state index in [-0.39, 0.29) is 24.3 Å². The largest absolute Gasteiger partial charge is 0.480 e. The summed E-state index contributed by atoms with van der Waals surface area (Å²) in [7, 11) is 1.54. The number of carbonyl (C=O) groups excluding carboxylic acids is 1. The number of rotatable bonds is 7. The molecule has 1 fully saturated rings. The third kappa shape index (κ3) is 3.82. The molecule has 0 heterocycles. The molecule has 5 nitrogen and oxygen atoms in total. The van der Waals surface area contributed by atoms with Gasteiger partial charge in [-0.05, 0) is 30.4 Å². The van der Waals surface area contributed by atoms with Crippen molar-refractivity contribution in [2.75, 3.05) is 26.8 Å². The number of carboxylic acid groups (broad SMARTS) is 1. The average molecular weight is 291 g/mol. The van der Waals surface area contributed by atoms with Crippen molar-refractivity contribution in [3.05, 3.63) is 35.4 Å². The number of benzene rings is 1. The van der Waals surface area contributed by atoms with Gasteiger partial charge in [-0.15, -0.1) is 0 Å². The van der Waals surface area contributed by atoms with Gasteiger partial charge in [0.1, 0.15) is 6.54 Å². The van der Waals surface area contributed by atoms with Gasteiger partial charge in [0.25, 0.3) is 0 Å². The van der Waals surface area contributed by atoms with Crippen LogP contribution in [0.25, 0.3) is 0 Å². The third-order valence-electron chi connectivity index (χ3n) is 3.90. The summed E-state index contributed by atoms with van der Waals surface area (Å²) in [5.74, 6) is -0.949. The highest BCUT2D eigenvalue weighted by atomic mass is 16.5. The van der Waals surface area contributed by atoms with Gasteiger partial charge >= 0.3 is 5.97 Å². The maximum absolute atomic E-state index is 12.4. The summed E-state index contributed by atoms with van der Waals surface area (Å²) in [5.41, 5.74) is 2.37. The lowest BCUT2D eigenvalue weighted by Crippen LogP contribution is -2.39. The van der Waals surface area contributed by atoms with Gasteiger partial charge in [-0.1, -0.05) is 24.3 Å². The molecule has 0 radical (unpaired) electrons. The Bertz CT molecular complexity index is 529. The number of methoxy groups -OCH3 is 1. The lowest BCUT2D eigenvalue weighted by atomic mass is 10.0. The van der Waals surface area contributed by atoms with Crippen LogP contribution < -0.4 is 0 Å². The summed E-state index contributed by atoms with van der Waals surface area (Å²) >= 11 is 0. The van der Waals surface area contributed by atoms with Gasteiger partial charge in [0.05, 0.1) is 6.61 Å². The summed E-state index contributed by atoms with van der Waals surface area (Å²) in [5, 5.41) is 8.93. The second kappa shape index (κ2) is 6.72. The molecule has 5 heteroatoms. The van der Waals surface area contributed by atoms with E-state index in [1.54, 1.807) is 0 Å². The molecule has 1 N–H and O–H groups in total. The predicted molar refractivity (Wildman–Crippen MR) is 78.1 cm³/mol. The molecule has 0 aromatic heterocycles. The highest BCUT2D eigenvalue weighted by molar-refractivity contribution is 5.86. The molecule has 1 saturated carbocycles. The summed E-state index contributed by atoms with van der Waals surface area (Å²) in [4.78, 5) is 24.7. The van der Waals surface area contributed by atoms with Crippen LogP contribution >= 0.6 is 0 Å². The van der Waals surface area contributed by atoms with Crippen LogP contribution in [0.15, 0.2) is 24.3 Å². The lowest BCUT2D eigenvalue weighted by Gasteiger charge is -2.20. The van der Waals surface area contributed by atoms with Crippen LogP contribution in [0.3, 0.4) is 0 Å². The molecule has 1 amide bonds. The minimum absolute atomic E-state index is 0.0808. The Labute approximate surface area is 124 Å². The molecule has 0 saturated heterocycles. The SMILES string of the molecule is COCCN(CC(=O)O)C(=O)[C@H]1C[C@H]1c1ccccc1C. The fraction of sp³-hybridized carbons (Fsp3) is 0.500. The van der Waals surface area contributed by atoms with Gasteiger partial charge in [-0.2, -0.15) is 0 Å². The number of ether oxygens (including phenoxy) is 1. The number of hydrogen-bond acceptors (Lipinski definition) is 3. The zero-order chi connectivity index (χ0) is 15.4. The van der Waals surface area contributed by atoms with Crippen molar-refractivity contribution in [1.82, 2.24) is 4.90 Å². The standard InChI is InChI=1S/C16H21NO4/c1-11-5-3-4-6-12(11)13-9-14(13)16(20)17(7-8-21-2)10-15(18)19/h3-6,13-14H,7-10H2,1-2H3,(H,18,19)/t13-,14-/m0/s1. The summed E-state index contributed by atoms with van der Waals surface area (Å²) in [6.45, 7) is 2.44. The molecule has 2 rings (SSSR count). The molecular formula is C16H21NO4. The van der Waals surface area contributed by atoms with E-state index in [0.29, 0.717) is 13.2 Å². The van der Waals surface area contributed by atoms with Gasteiger partial charge in [-0.3, -0.25) is 9.59 Å². The zero-order valence-corrected chi connectivity index (χ0v) is 12.4. The van der Waals surface area contributed by atoms with E-state index in [0.717, 1.165) is 6.42 Å². The highest BCUT2D eigenvalue weighted by Gasteiger charge is 2.46. The minimum Gasteiger partial charge on any atom is -0.480 e. The Balaban J connectivity index is 2.02. The van der Waals surface area contributed by atoms with E-state index in [1.807, 2.05) is 31.2 Å². The van der Waals surface area contributed by atoms with Crippen molar-refractivity contribution >= 4 is 11.9 Å². The maximum Gasteiger partial charge on any atom is 0.323 e. The van der Waals surface area contributed by atoms with E-state index < -0.39 is 5.97 Å². The molecule has 1 aromatic rings. The molecule has 1 aliphatic rings.